The van der Waals surface area contributed by atoms with E-state index in [-0.39, 0.29) is 12.4 Å². The molecule has 1 aliphatic heterocycles. The minimum Gasteiger partial charge on any atom is -0.469 e. The normalized spacial score (nSPS) is 20.4. The molecule has 16 heavy (non-hydrogen) atoms. The lowest BCUT2D eigenvalue weighted by Crippen LogP contribution is -2.01. The number of para-hydroxylation sites is 1. The number of hydrogen-bond acceptors (Lipinski definition) is 4. The van der Waals surface area contributed by atoms with Crippen molar-refractivity contribution in [1.82, 2.24) is 0 Å². The van der Waals surface area contributed by atoms with Crippen molar-refractivity contribution >= 4 is 5.97 Å². The van der Waals surface area contributed by atoms with Crippen LogP contribution < -0.4 is 4.74 Å². The molecule has 1 aromatic carbocycles. The Hall–Kier alpha value is -1.81. The van der Waals surface area contributed by atoms with E-state index in [0.29, 0.717) is 11.5 Å². The molecule has 0 spiro atoms. The monoisotopic (exact) mass is 220 g/mol. The molecule has 0 saturated heterocycles. The van der Waals surface area contributed by atoms with Crippen LogP contribution in [0.5, 0.6) is 5.75 Å². The fraction of sp³-hybridized carbons (Fsp3) is 0.250. The van der Waals surface area contributed by atoms with Crippen molar-refractivity contribution in [3.63, 3.8) is 0 Å². The molecule has 1 unspecified atom stereocenters. The average Bonchev–Trinajstić information content (AvgIpc) is 2.64. The van der Waals surface area contributed by atoms with Gasteiger partial charge in [-0.1, -0.05) is 18.2 Å². The van der Waals surface area contributed by atoms with Gasteiger partial charge in [-0.15, -0.1) is 0 Å². The predicted octanol–water partition coefficient (Wildman–Crippen LogP) is 1.56. The van der Waals surface area contributed by atoms with Gasteiger partial charge in [0, 0.05) is 5.56 Å². The second-order valence-electron chi connectivity index (χ2n) is 3.43. The highest BCUT2D eigenvalue weighted by molar-refractivity contribution is 5.71. The standard InChI is InChI=1S/C12H12O4/c1-15-11(13)7-6-10-12(14)8-4-2-3-5-9(8)16-10/h2-6,12,14H,7H2,1H3/b10-6+. The van der Waals surface area contributed by atoms with Crippen LogP contribution >= 0.6 is 0 Å². The minimum atomic E-state index is -0.791. The van der Waals surface area contributed by atoms with E-state index < -0.39 is 6.10 Å². The average molecular weight is 220 g/mol. The molecule has 0 amide bonds. The topological polar surface area (TPSA) is 55.8 Å². The molecule has 1 N–H and O–H groups in total. The largest absolute Gasteiger partial charge is 0.469 e. The van der Waals surface area contributed by atoms with Gasteiger partial charge in [0.05, 0.1) is 13.5 Å². The molecule has 1 heterocycles. The zero-order valence-corrected chi connectivity index (χ0v) is 8.84. The van der Waals surface area contributed by atoms with Crippen molar-refractivity contribution in [3.05, 3.63) is 41.7 Å². The third kappa shape index (κ3) is 1.92. The SMILES string of the molecule is COC(=O)C/C=C1/Oc2ccccc2C1O. The minimum absolute atomic E-state index is 0.0941. The predicted molar refractivity (Wildman–Crippen MR) is 56.7 cm³/mol. The lowest BCUT2D eigenvalue weighted by atomic mass is 10.1. The summed E-state index contributed by atoms with van der Waals surface area (Å²) >= 11 is 0. The van der Waals surface area contributed by atoms with Crippen LogP contribution in [0.3, 0.4) is 0 Å². The maximum Gasteiger partial charge on any atom is 0.309 e. The summed E-state index contributed by atoms with van der Waals surface area (Å²) in [5.41, 5.74) is 0.721. The molecule has 0 radical (unpaired) electrons. The number of aliphatic hydroxyl groups is 1. The van der Waals surface area contributed by atoms with Gasteiger partial charge in [-0.05, 0) is 12.1 Å². The molecule has 0 aliphatic carbocycles. The van der Waals surface area contributed by atoms with Gasteiger partial charge in [-0.3, -0.25) is 4.79 Å². The number of ether oxygens (including phenoxy) is 2. The highest BCUT2D eigenvalue weighted by Crippen LogP contribution is 2.38. The molecule has 84 valence electrons. The molecule has 1 aliphatic rings. The summed E-state index contributed by atoms with van der Waals surface area (Å²) in [6, 6.07) is 7.22. The molecule has 4 heteroatoms. The Labute approximate surface area is 93.1 Å². The number of carbonyl (C=O) groups excluding carboxylic acids is 1. The smallest absolute Gasteiger partial charge is 0.309 e. The number of rotatable bonds is 2. The number of fused-ring (bicyclic) bond motifs is 1. The Morgan fingerprint density at radius 2 is 2.31 bits per heavy atom. The van der Waals surface area contributed by atoms with Crippen molar-refractivity contribution in [2.45, 2.75) is 12.5 Å². The van der Waals surface area contributed by atoms with Crippen LogP contribution in [0.15, 0.2) is 36.1 Å². The van der Waals surface area contributed by atoms with Crippen molar-refractivity contribution in [2.24, 2.45) is 0 Å². The lowest BCUT2D eigenvalue weighted by molar-refractivity contribution is -0.139. The Kier molecular flexibility index (Phi) is 2.92. The second-order valence-corrected chi connectivity index (χ2v) is 3.43. The number of aliphatic hydroxyl groups excluding tert-OH is 1. The highest BCUT2D eigenvalue weighted by atomic mass is 16.5. The van der Waals surface area contributed by atoms with Crippen LogP contribution in [-0.4, -0.2) is 18.2 Å². The van der Waals surface area contributed by atoms with Gasteiger partial charge in [0.1, 0.15) is 17.6 Å². The number of benzene rings is 1. The number of hydrogen-bond donors (Lipinski definition) is 1. The summed E-state index contributed by atoms with van der Waals surface area (Å²) in [6.45, 7) is 0. The van der Waals surface area contributed by atoms with Crippen LogP contribution in [-0.2, 0) is 9.53 Å². The summed E-state index contributed by atoms with van der Waals surface area (Å²) in [4.78, 5) is 10.9. The van der Waals surface area contributed by atoms with Gasteiger partial charge in [0.25, 0.3) is 0 Å². The second kappa shape index (κ2) is 4.37. The van der Waals surface area contributed by atoms with Crippen molar-refractivity contribution in [2.75, 3.05) is 7.11 Å². The van der Waals surface area contributed by atoms with Gasteiger partial charge >= 0.3 is 5.97 Å². The fourth-order valence-corrected chi connectivity index (χ4v) is 1.56. The number of methoxy groups -OCH3 is 1. The molecule has 0 bridgehead atoms. The number of esters is 1. The summed E-state index contributed by atoms with van der Waals surface area (Å²) in [7, 11) is 1.32. The van der Waals surface area contributed by atoms with Crippen molar-refractivity contribution in [3.8, 4) is 5.75 Å². The van der Waals surface area contributed by atoms with Crippen LogP contribution in [0.25, 0.3) is 0 Å². The van der Waals surface area contributed by atoms with Gasteiger partial charge < -0.3 is 14.6 Å². The van der Waals surface area contributed by atoms with Crippen molar-refractivity contribution < 1.29 is 19.4 Å². The van der Waals surface area contributed by atoms with E-state index in [1.165, 1.54) is 13.2 Å². The summed E-state index contributed by atoms with van der Waals surface area (Å²) in [5.74, 6) is 0.650. The van der Waals surface area contributed by atoms with E-state index in [1.807, 2.05) is 12.1 Å². The molecule has 2 rings (SSSR count). The van der Waals surface area contributed by atoms with E-state index >= 15 is 0 Å². The van der Waals surface area contributed by atoms with Crippen molar-refractivity contribution in [1.29, 1.82) is 0 Å². The first-order valence-corrected chi connectivity index (χ1v) is 4.94. The fourth-order valence-electron chi connectivity index (χ4n) is 1.56. The van der Waals surface area contributed by atoms with Crippen LogP contribution in [0.1, 0.15) is 18.1 Å². The molecular formula is C12H12O4. The first-order valence-electron chi connectivity index (χ1n) is 4.94. The Balaban J connectivity index is 2.15. The van der Waals surface area contributed by atoms with Gasteiger partial charge in [0.2, 0.25) is 0 Å². The van der Waals surface area contributed by atoms with Gasteiger partial charge in [0.15, 0.2) is 0 Å². The van der Waals surface area contributed by atoms with Crippen LogP contribution in [0.4, 0.5) is 0 Å². The zero-order chi connectivity index (χ0) is 11.5. The maximum absolute atomic E-state index is 10.9. The first-order chi connectivity index (χ1) is 7.72. The molecule has 1 atom stereocenters. The number of carbonyl (C=O) groups is 1. The summed E-state index contributed by atoms with van der Waals surface area (Å²) in [6.07, 6.45) is 0.841. The van der Waals surface area contributed by atoms with E-state index in [2.05, 4.69) is 4.74 Å². The third-order valence-electron chi connectivity index (χ3n) is 2.41. The summed E-state index contributed by atoms with van der Waals surface area (Å²) in [5, 5.41) is 9.88. The lowest BCUT2D eigenvalue weighted by Gasteiger charge is -2.02. The Morgan fingerprint density at radius 3 is 3.00 bits per heavy atom. The Morgan fingerprint density at radius 1 is 1.56 bits per heavy atom. The van der Waals surface area contributed by atoms with E-state index in [4.69, 9.17) is 4.74 Å². The molecule has 4 nitrogen and oxygen atoms in total. The first kappa shape index (κ1) is 10.7. The Bertz CT molecular complexity index is 436. The molecular weight excluding hydrogens is 208 g/mol. The molecule has 0 fully saturated rings. The van der Waals surface area contributed by atoms with Crippen LogP contribution in [0, 0.1) is 0 Å². The zero-order valence-electron chi connectivity index (χ0n) is 8.84. The quantitative estimate of drug-likeness (QED) is 0.768. The van der Waals surface area contributed by atoms with E-state index in [1.54, 1.807) is 12.1 Å². The van der Waals surface area contributed by atoms with Crippen LogP contribution in [0.2, 0.25) is 0 Å². The molecule has 1 aromatic rings. The summed E-state index contributed by atoms with van der Waals surface area (Å²) < 4.78 is 9.92. The maximum atomic E-state index is 10.9. The third-order valence-corrected chi connectivity index (χ3v) is 2.41. The molecule has 0 aromatic heterocycles. The van der Waals surface area contributed by atoms with E-state index in [9.17, 15) is 9.90 Å². The van der Waals surface area contributed by atoms with Gasteiger partial charge in [-0.2, -0.15) is 0 Å². The molecule has 0 saturated carbocycles. The van der Waals surface area contributed by atoms with Gasteiger partial charge in [-0.25, -0.2) is 0 Å². The van der Waals surface area contributed by atoms with E-state index in [0.717, 1.165) is 5.56 Å². The highest BCUT2D eigenvalue weighted by Gasteiger charge is 2.26.